The van der Waals surface area contributed by atoms with Gasteiger partial charge in [0.1, 0.15) is 11.6 Å². The van der Waals surface area contributed by atoms with Crippen molar-refractivity contribution in [2.24, 2.45) is 5.92 Å². The molecule has 5 heteroatoms. The molecule has 1 aromatic heterocycles. The van der Waals surface area contributed by atoms with Crippen LogP contribution in [0.25, 0.3) is 17.1 Å². The van der Waals surface area contributed by atoms with Crippen LogP contribution < -0.4 is 0 Å². The average Bonchev–Trinajstić information content (AvgIpc) is 3.06. The number of nitrogens with zero attached hydrogens (tertiary/aromatic N) is 2. The summed E-state index contributed by atoms with van der Waals surface area (Å²) in [4.78, 5) is 4.41. The average molecular weight is 480 g/mol. The molecule has 0 spiro atoms. The van der Waals surface area contributed by atoms with Gasteiger partial charge in [-0.25, -0.2) is 9.37 Å². The highest BCUT2D eigenvalue weighted by Gasteiger charge is 2.16. The van der Waals surface area contributed by atoms with Crippen molar-refractivity contribution in [1.29, 1.82) is 0 Å². The quantitative estimate of drug-likeness (QED) is 0.386. The lowest BCUT2D eigenvalue weighted by molar-refractivity contribution is 0.613. The van der Waals surface area contributed by atoms with Crippen LogP contribution in [0.3, 0.4) is 0 Å². The molecule has 0 aliphatic rings. The first-order chi connectivity index (χ1) is 12.4. The van der Waals surface area contributed by atoms with Gasteiger partial charge in [0.05, 0.1) is 5.56 Å². The molecule has 0 saturated carbocycles. The molecule has 26 heavy (non-hydrogen) atoms. The van der Waals surface area contributed by atoms with E-state index < -0.39 is 0 Å². The van der Waals surface area contributed by atoms with Crippen LogP contribution in [-0.2, 0) is 12.8 Å². The van der Waals surface area contributed by atoms with Gasteiger partial charge in [-0.2, -0.15) is 0 Å². The van der Waals surface area contributed by atoms with Gasteiger partial charge in [0.2, 0.25) is 0 Å². The molecular weight excluding hydrogens is 459 g/mol. The summed E-state index contributed by atoms with van der Waals surface area (Å²) in [5.74, 6) is 0.809. The second-order valence-electron chi connectivity index (χ2n) is 6.77. The van der Waals surface area contributed by atoms with Crippen LogP contribution in [-0.4, -0.2) is 9.55 Å². The SMILES string of the molecule is CCc1ccc(-n2ccnc2-c2cc(Br)c(CC(C)C)cc2F)cc1Br. The minimum absolute atomic E-state index is 0.249. The maximum atomic E-state index is 14.9. The number of halogens is 3. The van der Waals surface area contributed by atoms with Gasteiger partial charge in [-0.1, -0.05) is 58.7 Å². The lowest BCUT2D eigenvalue weighted by atomic mass is 10.0. The van der Waals surface area contributed by atoms with Crippen LogP contribution in [0.5, 0.6) is 0 Å². The molecule has 0 N–H and O–H groups in total. The molecule has 3 rings (SSSR count). The van der Waals surface area contributed by atoms with Gasteiger partial charge in [-0.15, -0.1) is 0 Å². The van der Waals surface area contributed by atoms with E-state index >= 15 is 0 Å². The number of aromatic nitrogens is 2. The third-order valence-electron chi connectivity index (χ3n) is 4.34. The Morgan fingerprint density at radius 2 is 1.81 bits per heavy atom. The molecule has 136 valence electrons. The number of hydrogen-bond acceptors (Lipinski definition) is 1. The van der Waals surface area contributed by atoms with Crippen molar-refractivity contribution in [3.05, 3.63) is 68.6 Å². The lowest BCUT2D eigenvalue weighted by Gasteiger charge is -2.13. The third kappa shape index (κ3) is 3.94. The van der Waals surface area contributed by atoms with Crippen molar-refractivity contribution >= 4 is 31.9 Å². The van der Waals surface area contributed by atoms with E-state index in [0.717, 1.165) is 33.0 Å². The molecule has 0 fully saturated rings. The lowest BCUT2D eigenvalue weighted by Crippen LogP contribution is -2.01. The van der Waals surface area contributed by atoms with E-state index in [4.69, 9.17) is 0 Å². The normalized spacial score (nSPS) is 11.3. The number of imidazole rings is 1. The predicted molar refractivity (Wildman–Crippen MR) is 112 cm³/mol. The Hall–Kier alpha value is -1.46. The van der Waals surface area contributed by atoms with Crippen molar-refractivity contribution in [2.45, 2.75) is 33.6 Å². The number of aryl methyl sites for hydroxylation is 1. The van der Waals surface area contributed by atoms with E-state index in [9.17, 15) is 4.39 Å². The van der Waals surface area contributed by atoms with E-state index in [1.807, 2.05) is 29.0 Å². The zero-order valence-electron chi connectivity index (χ0n) is 15.1. The zero-order valence-corrected chi connectivity index (χ0v) is 18.2. The monoisotopic (exact) mass is 478 g/mol. The summed E-state index contributed by atoms with van der Waals surface area (Å²) in [6.07, 6.45) is 5.35. The van der Waals surface area contributed by atoms with Crippen molar-refractivity contribution in [3.8, 4) is 17.1 Å². The Labute approximate surface area is 170 Å². The molecule has 0 bridgehead atoms. The van der Waals surface area contributed by atoms with E-state index in [1.54, 1.807) is 12.3 Å². The molecule has 0 atom stereocenters. The first kappa shape index (κ1) is 19.3. The van der Waals surface area contributed by atoms with Gasteiger partial charge < -0.3 is 0 Å². The summed E-state index contributed by atoms with van der Waals surface area (Å²) in [5.41, 5.74) is 3.66. The predicted octanol–water partition coefficient (Wildman–Crippen LogP) is 6.96. The molecule has 0 saturated heterocycles. The van der Waals surface area contributed by atoms with Gasteiger partial charge in [0.15, 0.2) is 0 Å². The van der Waals surface area contributed by atoms with E-state index in [0.29, 0.717) is 17.3 Å². The van der Waals surface area contributed by atoms with Crippen molar-refractivity contribution in [2.75, 3.05) is 0 Å². The molecule has 0 aliphatic heterocycles. The fraction of sp³-hybridized carbons (Fsp3) is 0.286. The Balaban J connectivity index is 2.06. The third-order valence-corrected chi connectivity index (χ3v) is 5.82. The van der Waals surface area contributed by atoms with Gasteiger partial charge in [0.25, 0.3) is 0 Å². The molecule has 2 nitrogen and oxygen atoms in total. The molecule has 0 unspecified atom stereocenters. The number of rotatable bonds is 5. The smallest absolute Gasteiger partial charge is 0.147 e. The second kappa shape index (κ2) is 8.05. The maximum absolute atomic E-state index is 14.9. The first-order valence-corrected chi connectivity index (χ1v) is 10.3. The Morgan fingerprint density at radius 3 is 2.46 bits per heavy atom. The second-order valence-corrected chi connectivity index (χ2v) is 8.48. The number of benzene rings is 2. The molecule has 3 aromatic rings. The first-order valence-electron chi connectivity index (χ1n) is 8.71. The van der Waals surface area contributed by atoms with Crippen molar-refractivity contribution in [1.82, 2.24) is 9.55 Å². The van der Waals surface area contributed by atoms with E-state index in [2.05, 4.69) is 63.7 Å². The van der Waals surface area contributed by atoms with Crippen LogP contribution >= 0.6 is 31.9 Å². The molecule has 0 aliphatic carbocycles. The van der Waals surface area contributed by atoms with Crippen LogP contribution in [0, 0.1) is 11.7 Å². The summed E-state index contributed by atoms with van der Waals surface area (Å²) >= 11 is 7.21. The topological polar surface area (TPSA) is 17.8 Å². The molecule has 1 heterocycles. The van der Waals surface area contributed by atoms with Crippen LogP contribution in [0.4, 0.5) is 4.39 Å². The summed E-state index contributed by atoms with van der Waals surface area (Å²) in [7, 11) is 0. The largest absolute Gasteiger partial charge is 0.300 e. The highest BCUT2D eigenvalue weighted by Crippen LogP contribution is 2.31. The summed E-state index contributed by atoms with van der Waals surface area (Å²) < 4.78 is 18.7. The summed E-state index contributed by atoms with van der Waals surface area (Å²) in [6, 6.07) is 9.62. The Bertz CT molecular complexity index is 932. The van der Waals surface area contributed by atoms with Gasteiger partial charge >= 0.3 is 0 Å². The zero-order chi connectivity index (χ0) is 18.8. The fourth-order valence-electron chi connectivity index (χ4n) is 3.04. The molecule has 2 aromatic carbocycles. The van der Waals surface area contributed by atoms with Gasteiger partial charge in [0, 0.05) is 27.0 Å². The molecule has 0 amide bonds. The summed E-state index contributed by atoms with van der Waals surface area (Å²) in [5, 5.41) is 0. The highest BCUT2D eigenvalue weighted by atomic mass is 79.9. The van der Waals surface area contributed by atoms with E-state index in [1.165, 1.54) is 5.56 Å². The van der Waals surface area contributed by atoms with Gasteiger partial charge in [-0.05, 0) is 54.2 Å². The van der Waals surface area contributed by atoms with Crippen molar-refractivity contribution < 1.29 is 4.39 Å². The Morgan fingerprint density at radius 1 is 1.08 bits per heavy atom. The van der Waals surface area contributed by atoms with Crippen molar-refractivity contribution in [3.63, 3.8) is 0 Å². The highest BCUT2D eigenvalue weighted by molar-refractivity contribution is 9.10. The number of hydrogen-bond donors (Lipinski definition) is 0. The maximum Gasteiger partial charge on any atom is 0.147 e. The van der Waals surface area contributed by atoms with Crippen LogP contribution in [0.1, 0.15) is 31.9 Å². The van der Waals surface area contributed by atoms with Crippen LogP contribution in [0.2, 0.25) is 0 Å². The minimum Gasteiger partial charge on any atom is -0.300 e. The minimum atomic E-state index is -0.249. The fourth-order valence-corrected chi connectivity index (χ4v) is 4.19. The van der Waals surface area contributed by atoms with E-state index in [-0.39, 0.29) is 5.82 Å². The van der Waals surface area contributed by atoms with Crippen LogP contribution in [0.15, 0.2) is 51.7 Å². The Kier molecular flexibility index (Phi) is 5.98. The molecule has 0 radical (unpaired) electrons. The molecular formula is C21H21Br2FN2. The van der Waals surface area contributed by atoms with Gasteiger partial charge in [-0.3, -0.25) is 4.57 Å². The standard InChI is InChI=1S/C21H21Br2FN2/c1-4-14-5-6-16(11-18(14)22)26-8-7-25-21(26)17-12-19(23)15(9-13(2)3)10-20(17)24/h5-8,10-13H,4,9H2,1-3H3. The summed E-state index contributed by atoms with van der Waals surface area (Å²) in [6.45, 7) is 6.37.